The summed E-state index contributed by atoms with van der Waals surface area (Å²) >= 11 is 0. The predicted octanol–water partition coefficient (Wildman–Crippen LogP) is 1.84. The second-order valence-electron chi connectivity index (χ2n) is 8.44. The normalized spacial score (nSPS) is 11.9. The molecule has 0 aliphatic rings. The van der Waals surface area contributed by atoms with Crippen molar-refractivity contribution in [2.24, 2.45) is 10.9 Å². The molecule has 0 spiro atoms. The number of carbonyl (C=O) groups excluding carboxylic acids is 4. The van der Waals surface area contributed by atoms with E-state index in [4.69, 9.17) is 5.84 Å². The monoisotopic (exact) mass is 556 g/mol. The maximum atomic E-state index is 13.3. The number of anilines is 1. The Kier molecular flexibility index (Phi) is 8.03. The number of benzene rings is 3. The fourth-order valence-corrected chi connectivity index (χ4v) is 3.94. The van der Waals surface area contributed by atoms with Crippen molar-refractivity contribution in [3.8, 4) is 0 Å². The number of nitro groups is 1. The van der Waals surface area contributed by atoms with Crippen LogP contribution in [0.5, 0.6) is 0 Å². The largest absolute Gasteiger partial charge is 0.464 e. The Balaban J connectivity index is 1.76. The number of nitrogens with one attached hydrogen (secondary N) is 2. The van der Waals surface area contributed by atoms with Gasteiger partial charge < -0.3 is 20.9 Å². The number of methoxy groups -OCH3 is 1. The Morgan fingerprint density at radius 1 is 1.02 bits per heavy atom. The average molecular weight is 556 g/mol. The maximum Gasteiger partial charge on any atom is 0.355 e. The highest BCUT2D eigenvalue weighted by Gasteiger charge is 2.39. The smallest absolute Gasteiger partial charge is 0.355 e. The molecule has 0 aliphatic carbocycles. The van der Waals surface area contributed by atoms with E-state index in [1.807, 2.05) is 0 Å². The summed E-state index contributed by atoms with van der Waals surface area (Å²) in [4.78, 5) is 81.7. The molecule has 1 atom stereocenters. The molecule has 1 aromatic heterocycles. The van der Waals surface area contributed by atoms with Gasteiger partial charge in [0.1, 0.15) is 11.6 Å². The number of H-pyrrole nitrogens is 1. The maximum absolute atomic E-state index is 13.3. The lowest BCUT2D eigenvalue weighted by Gasteiger charge is -2.15. The van der Waals surface area contributed by atoms with Crippen molar-refractivity contribution >= 4 is 51.6 Å². The number of non-ortho nitro benzene ring substituents is 1. The molecule has 4 aromatic rings. The van der Waals surface area contributed by atoms with Gasteiger partial charge in [-0.2, -0.15) is 5.10 Å². The summed E-state index contributed by atoms with van der Waals surface area (Å²) in [6.45, 7) is 0. The van der Waals surface area contributed by atoms with Crippen LogP contribution in [0, 0.1) is 10.1 Å². The van der Waals surface area contributed by atoms with Crippen molar-refractivity contribution in [2.45, 2.75) is 5.92 Å². The van der Waals surface area contributed by atoms with E-state index in [2.05, 4.69) is 25.1 Å². The van der Waals surface area contributed by atoms with Gasteiger partial charge in [0.15, 0.2) is 11.5 Å². The molecular weight excluding hydrogens is 536 g/mol. The van der Waals surface area contributed by atoms with Gasteiger partial charge in [-0.1, -0.05) is 36.4 Å². The third-order valence-corrected chi connectivity index (χ3v) is 5.90. The fraction of sp³-hybridized carbons (Fsp3) is 0.0741. The number of amides is 1. The Hall–Kier alpha value is -6.05. The van der Waals surface area contributed by atoms with Gasteiger partial charge in [-0.05, 0) is 24.3 Å². The Morgan fingerprint density at radius 2 is 1.76 bits per heavy atom. The lowest BCUT2D eigenvalue weighted by molar-refractivity contribution is -0.384. The van der Waals surface area contributed by atoms with Crippen molar-refractivity contribution in [3.63, 3.8) is 0 Å². The molecule has 3 aromatic carbocycles. The van der Waals surface area contributed by atoms with E-state index in [1.165, 1.54) is 36.4 Å². The third-order valence-electron chi connectivity index (χ3n) is 5.90. The lowest BCUT2D eigenvalue weighted by atomic mass is 9.93. The molecule has 206 valence electrons. The van der Waals surface area contributed by atoms with Gasteiger partial charge in [-0.25, -0.2) is 9.78 Å². The minimum absolute atomic E-state index is 0.100. The molecule has 4 N–H and O–H groups in total. The molecule has 0 bridgehead atoms. The molecule has 1 amide bonds. The summed E-state index contributed by atoms with van der Waals surface area (Å²) in [7, 11) is 0.974. The Labute approximate surface area is 230 Å². The first-order chi connectivity index (χ1) is 19.6. The number of hydrogen-bond acceptors (Lipinski definition) is 11. The number of aromatic amines is 1. The van der Waals surface area contributed by atoms with E-state index in [1.54, 1.807) is 30.3 Å². The molecule has 0 saturated heterocycles. The van der Waals surface area contributed by atoms with Gasteiger partial charge in [0, 0.05) is 28.9 Å². The highest BCUT2D eigenvalue weighted by molar-refractivity contribution is 6.53. The van der Waals surface area contributed by atoms with Crippen LogP contribution in [0.25, 0.3) is 11.0 Å². The van der Waals surface area contributed by atoms with Crippen LogP contribution in [-0.4, -0.2) is 51.2 Å². The number of aromatic nitrogens is 2. The van der Waals surface area contributed by atoms with Gasteiger partial charge >= 0.3 is 5.97 Å². The molecule has 0 saturated carbocycles. The first-order valence-electron chi connectivity index (χ1n) is 11.7. The second-order valence-corrected chi connectivity index (χ2v) is 8.44. The number of nitrogens with two attached hydrogens (primary N) is 1. The first-order valence-corrected chi connectivity index (χ1v) is 11.7. The number of fused-ring (bicyclic) bond motifs is 1. The predicted molar refractivity (Wildman–Crippen MR) is 145 cm³/mol. The highest BCUT2D eigenvalue weighted by Crippen LogP contribution is 2.22. The van der Waals surface area contributed by atoms with Crippen LogP contribution in [0.2, 0.25) is 0 Å². The summed E-state index contributed by atoms with van der Waals surface area (Å²) in [5.41, 5.74) is -1.92. The standard InChI is InChI=1S/C27H20N6O8/c1-41-27(38)22(32-28)20(24(35)26(37)29-16-8-5-9-17(13-16)33(39)40)21-25(36)31-19-12-15(10-11-18(19)30-21)23(34)14-6-3-2-4-7-14/h2-13,20H,28H2,1H3,(H,29,37)(H,31,36)/b32-22-/t20-/m0/s1. The van der Waals surface area contributed by atoms with Crippen LogP contribution < -0.4 is 16.7 Å². The van der Waals surface area contributed by atoms with Gasteiger partial charge in [0.2, 0.25) is 5.78 Å². The van der Waals surface area contributed by atoms with Crippen LogP contribution in [0.4, 0.5) is 11.4 Å². The molecule has 0 unspecified atom stereocenters. The number of ketones is 2. The van der Waals surface area contributed by atoms with Gasteiger partial charge in [-0.3, -0.25) is 29.3 Å². The molecule has 14 nitrogen and oxygen atoms in total. The van der Waals surface area contributed by atoms with E-state index in [0.29, 0.717) is 5.56 Å². The Bertz CT molecular complexity index is 1800. The van der Waals surface area contributed by atoms with E-state index in [9.17, 15) is 34.1 Å². The number of nitro benzene ring substituents is 1. The number of nitrogens with zero attached hydrogens (tertiary/aromatic N) is 3. The van der Waals surface area contributed by atoms with Crippen LogP contribution in [0.3, 0.4) is 0 Å². The second kappa shape index (κ2) is 11.8. The summed E-state index contributed by atoms with van der Waals surface area (Å²) in [6, 6.07) is 17.4. The van der Waals surface area contributed by atoms with Crippen LogP contribution in [0.15, 0.2) is 82.7 Å². The Morgan fingerprint density at radius 3 is 2.41 bits per heavy atom. The summed E-state index contributed by atoms with van der Waals surface area (Å²) in [5.74, 6) is -0.896. The zero-order valence-corrected chi connectivity index (χ0v) is 21.2. The zero-order valence-electron chi connectivity index (χ0n) is 21.2. The molecule has 1 heterocycles. The molecule has 0 radical (unpaired) electrons. The van der Waals surface area contributed by atoms with Crippen molar-refractivity contribution in [2.75, 3.05) is 12.4 Å². The SMILES string of the molecule is COC(=O)/C(=N\N)[C@@H](C(=O)C(=O)Nc1cccc([N+](=O)[O-])c1)c1nc2ccc(C(=O)c3ccccc3)cc2[nH]c1=O. The minimum Gasteiger partial charge on any atom is -0.464 e. The summed E-state index contributed by atoms with van der Waals surface area (Å²) in [6.07, 6.45) is 0. The zero-order chi connectivity index (χ0) is 29.7. The number of hydrogen-bond donors (Lipinski definition) is 3. The number of hydrazone groups is 1. The molecule has 0 fully saturated rings. The van der Waals surface area contributed by atoms with E-state index in [-0.39, 0.29) is 33.8 Å². The average Bonchev–Trinajstić information content (AvgIpc) is 2.98. The molecule has 0 aliphatic heterocycles. The number of ether oxygens (including phenoxy) is 1. The molecule has 41 heavy (non-hydrogen) atoms. The molecule has 14 heteroatoms. The van der Waals surface area contributed by atoms with Crippen LogP contribution >= 0.6 is 0 Å². The number of esters is 1. The van der Waals surface area contributed by atoms with Crippen LogP contribution in [0.1, 0.15) is 27.5 Å². The fourth-order valence-electron chi connectivity index (χ4n) is 3.94. The van der Waals surface area contributed by atoms with Crippen molar-refractivity contribution in [1.82, 2.24) is 9.97 Å². The van der Waals surface area contributed by atoms with E-state index < -0.39 is 45.5 Å². The summed E-state index contributed by atoms with van der Waals surface area (Å²) in [5, 5.41) is 16.5. The van der Waals surface area contributed by atoms with E-state index >= 15 is 0 Å². The van der Waals surface area contributed by atoms with Crippen molar-refractivity contribution in [3.05, 3.63) is 110 Å². The topological polar surface area (TPSA) is 217 Å². The number of rotatable bonds is 9. The summed E-state index contributed by atoms with van der Waals surface area (Å²) < 4.78 is 4.62. The van der Waals surface area contributed by atoms with Gasteiger partial charge in [-0.15, -0.1) is 0 Å². The minimum atomic E-state index is -2.01. The quantitative estimate of drug-likeness (QED) is 0.0517. The first kappa shape index (κ1) is 28.0. The van der Waals surface area contributed by atoms with E-state index in [0.717, 1.165) is 13.2 Å². The number of carbonyl (C=O) groups is 4. The molecule has 4 rings (SSSR count). The van der Waals surface area contributed by atoms with Gasteiger partial charge in [0.05, 0.1) is 23.1 Å². The van der Waals surface area contributed by atoms with Crippen LogP contribution in [-0.2, 0) is 19.1 Å². The highest BCUT2D eigenvalue weighted by atomic mass is 16.6. The van der Waals surface area contributed by atoms with Crippen molar-refractivity contribution in [1.29, 1.82) is 0 Å². The molecular formula is C27H20N6O8. The van der Waals surface area contributed by atoms with Gasteiger partial charge in [0.25, 0.3) is 17.2 Å². The number of Topliss-reactive ketones (excluding diaryl/α,β-unsaturated/α-hetero) is 1. The lowest BCUT2D eigenvalue weighted by Crippen LogP contribution is -2.40. The van der Waals surface area contributed by atoms with Crippen molar-refractivity contribution < 1.29 is 28.8 Å². The third kappa shape index (κ3) is 5.85.